The Morgan fingerprint density at radius 1 is 1.27 bits per heavy atom. The van der Waals surface area contributed by atoms with E-state index in [9.17, 15) is 20.0 Å². The van der Waals surface area contributed by atoms with Crippen molar-refractivity contribution in [2.24, 2.45) is 5.92 Å². The van der Waals surface area contributed by atoms with Crippen LogP contribution in [-0.2, 0) is 0 Å². The minimum absolute atomic E-state index is 0.0386. The molecule has 3 atom stereocenters. The summed E-state index contributed by atoms with van der Waals surface area (Å²) in [5, 5.41) is 24.3. The zero-order valence-corrected chi connectivity index (χ0v) is 14.2. The first-order chi connectivity index (χ1) is 12.5. The quantitative estimate of drug-likeness (QED) is 0.485. The Labute approximate surface area is 150 Å². The number of nitro benzene ring substituents is 1. The maximum atomic E-state index is 11.7. The molecular weight excluding hydrogens is 332 g/mol. The molecule has 132 valence electrons. The number of aromatic carboxylic acids is 1. The lowest BCUT2D eigenvalue weighted by Crippen LogP contribution is -2.30. The Kier molecular flexibility index (Phi) is 3.76. The van der Waals surface area contributed by atoms with Crippen molar-refractivity contribution in [1.82, 2.24) is 0 Å². The number of non-ortho nitro benzene ring substituents is 1. The van der Waals surface area contributed by atoms with Gasteiger partial charge in [0.1, 0.15) is 0 Å². The van der Waals surface area contributed by atoms with E-state index in [2.05, 4.69) is 17.5 Å². The molecule has 2 aliphatic rings. The smallest absolute Gasteiger partial charge is 0.336 e. The number of carbonyl (C=O) groups is 1. The maximum Gasteiger partial charge on any atom is 0.336 e. The van der Waals surface area contributed by atoms with Crippen LogP contribution in [0.1, 0.15) is 45.4 Å². The van der Waals surface area contributed by atoms with Gasteiger partial charge in [0.15, 0.2) is 0 Å². The van der Waals surface area contributed by atoms with Crippen LogP contribution < -0.4 is 5.32 Å². The predicted molar refractivity (Wildman–Crippen MR) is 97.6 cm³/mol. The van der Waals surface area contributed by atoms with E-state index in [1.165, 1.54) is 0 Å². The van der Waals surface area contributed by atoms with E-state index >= 15 is 0 Å². The van der Waals surface area contributed by atoms with Gasteiger partial charge in [-0.05, 0) is 42.0 Å². The summed E-state index contributed by atoms with van der Waals surface area (Å²) >= 11 is 0. The molecule has 0 saturated heterocycles. The van der Waals surface area contributed by atoms with Crippen molar-refractivity contribution in [1.29, 1.82) is 0 Å². The van der Waals surface area contributed by atoms with Gasteiger partial charge in [-0.25, -0.2) is 4.79 Å². The summed E-state index contributed by atoms with van der Waals surface area (Å²) in [5.74, 6) is -0.780. The third-order valence-electron chi connectivity index (χ3n) is 5.39. The summed E-state index contributed by atoms with van der Waals surface area (Å²) in [6.07, 6.45) is 4.97. The van der Waals surface area contributed by atoms with Gasteiger partial charge < -0.3 is 10.4 Å². The van der Waals surface area contributed by atoms with Crippen LogP contribution in [0, 0.1) is 23.0 Å². The van der Waals surface area contributed by atoms with Crippen LogP contribution in [0.3, 0.4) is 0 Å². The molecule has 1 aliphatic heterocycles. The number of benzene rings is 2. The average Bonchev–Trinajstić information content (AvgIpc) is 3.11. The Balaban J connectivity index is 1.86. The molecule has 1 heterocycles. The van der Waals surface area contributed by atoms with E-state index in [0.717, 1.165) is 28.8 Å². The maximum absolute atomic E-state index is 11.7. The highest BCUT2D eigenvalue weighted by molar-refractivity contribution is 5.90. The fourth-order valence-corrected chi connectivity index (χ4v) is 4.24. The second-order valence-electron chi connectivity index (χ2n) is 6.85. The van der Waals surface area contributed by atoms with Crippen LogP contribution in [0.2, 0.25) is 0 Å². The van der Waals surface area contributed by atoms with Crippen LogP contribution in [-0.4, -0.2) is 16.0 Å². The van der Waals surface area contributed by atoms with Gasteiger partial charge in [-0.1, -0.05) is 30.4 Å². The first kappa shape index (κ1) is 16.3. The molecule has 0 saturated carbocycles. The third-order valence-corrected chi connectivity index (χ3v) is 5.39. The Morgan fingerprint density at radius 3 is 2.77 bits per heavy atom. The third kappa shape index (κ3) is 2.45. The lowest BCUT2D eigenvalue weighted by atomic mass is 9.75. The number of carboxylic acids is 1. The lowest BCUT2D eigenvalue weighted by molar-refractivity contribution is -0.385. The number of nitrogens with one attached hydrogen (secondary N) is 1. The van der Waals surface area contributed by atoms with Crippen LogP contribution in [0.5, 0.6) is 0 Å². The van der Waals surface area contributed by atoms with Crippen molar-refractivity contribution in [2.45, 2.75) is 25.3 Å². The molecule has 2 N–H and O–H groups in total. The van der Waals surface area contributed by atoms with Crippen LogP contribution in [0.15, 0.2) is 48.6 Å². The largest absolute Gasteiger partial charge is 0.478 e. The van der Waals surface area contributed by atoms with Gasteiger partial charge in [0.25, 0.3) is 5.69 Å². The Bertz CT molecular complexity index is 951. The molecule has 6 nitrogen and oxygen atoms in total. The SMILES string of the molecule is Cc1cc([N+](=O)[O-])cc2c1N[C@H](c1ccccc1C(=O)O)[C@@H]1CC=C[C@H]21. The second kappa shape index (κ2) is 5.98. The molecule has 2 aromatic rings. The molecule has 0 fully saturated rings. The molecular formula is C20H18N2O4. The van der Waals surface area contributed by atoms with E-state index in [0.29, 0.717) is 5.56 Å². The van der Waals surface area contributed by atoms with Gasteiger partial charge in [-0.15, -0.1) is 0 Å². The number of carboxylic acid groups (broad SMARTS) is 1. The summed E-state index contributed by atoms with van der Waals surface area (Å²) in [6.45, 7) is 1.85. The zero-order valence-electron chi connectivity index (χ0n) is 14.2. The fraction of sp³-hybridized carbons (Fsp3) is 0.250. The highest BCUT2D eigenvalue weighted by Gasteiger charge is 2.40. The van der Waals surface area contributed by atoms with Crippen LogP contribution in [0.25, 0.3) is 0 Å². The molecule has 0 amide bonds. The number of allylic oxidation sites excluding steroid dienone is 2. The molecule has 1 aliphatic carbocycles. The standard InChI is InChI=1S/C20H18N2O4/c1-11-9-12(22(25)26)10-17-13-7-4-8-14(13)19(21-18(11)17)15-5-2-3-6-16(15)20(23)24/h2-7,9-10,13-14,19,21H,8H2,1H3,(H,23,24)/t13-,14+,19-/m0/s1. The van der Waals surface area contributed by atoms with E-state index in [1.54, 1.807) is 24.3 Å². The van der Waals surface area contributed by atoms with Crippen molar-refractivity contribution < 1.29 is 14.8 Å². The number of hydrogen-bond acceptors (Lipinski definition) is 4. The van der Waals surface area contributed by atoms with Crippen LogP contribution >= 0.6 is 0 Å². The zero-order chi connectivity index (χ0) is 18.4. The molecule has 4 rings (SSSR count). The highest BCUT2D eigenvalue weighted by Crippen LogP contribution is 2.51. The monoisotopic (exact) mass is 350 g/mol. The number of anilines is 1. The van der Waals surface area contributed by atoms with E-state index < -0.39 is 5.97 Å². The molecule has 0 radical (unpaired) electrons. The Hall–Kier alpha value is -3.15. The molecule has 0 unspecified atom stereocenters. The average molecular weight is 350 g/mol. The predicted octanol–water partition coefficient (Wildman–Crippen LogP) is 4.43. The molecule has 0 spiro atoms. The minimum atomic E-state index is -0.948. The van der Waals surface area contributed by atoms with Gasteiger partial charge in [-0.3, -0.25) is 10.1 Å². The molecule has 6 heteroatoms. The van der Waals surface area contributed by atoms with Gasteiger partial charge in [0.05, 0.1) is 16.5 Å². The summed E-state index contributed by atoms with van der Waals surface area (Å²) in [4.78, 5) is 22.5. The summed E-state index contributed by atoms with van der Waals surface area (Å²) in [6, 6.07) is 10.1. The topological polar surface area (TPSA) is 92.5 Å². The van der Waals surface area contributed by atoms with E-state index in [-0.39, 0.29) is 28.5 Å². The van der Waals surface area contributed by atoms with Crippen molar-refractivity contribution in [3.63, 3.8) is 0 Å². The molecule has 0 bridgehead atoms. The van der Waals surface area contributed by atoms with Crippen molar-refractivity contribution in [3.05, 3.63) is 80.9 Å². The van der Waals surface area contributed by atoms with Gasteiger partial charge in [0, 0.05) is 23.7 Å². The van der Waals surface area contributed by atoms with Crippen molar-refractivity contribution in [2.75, 3.05) is 5.32 Å². The number of hydrogen-bond donors (Lipinski definition) is 2. The van der Waals surface area contributed by atoms with Gasteiger partial charge in [0.2, 0.25) is 0 Å². The number of nitrogens with zero attached hydrogens (tertiary/aromatic N) is 1. The molecule has 2 aromatic carbocycles. The first-order valence-corrected chi connectivity index (χ1v) is 8.51. The van der Waals surface area contributed by atoms with Crippen molar-refractivity contribution in [3.8, 4) is 0 Å². The summed E-state index contributed by atoms with van der Waals surface area (Å²) in [7, 11) is 0. The van der Waals surface area contributed by atoms with Gasteiger partial charge in [-0.2, -0.15) is 0 Å². The number of rotatable bonds is 3. The first-order valence-electron chi connectivity index (χ1n) is 8.51. The highest BCUT2D eigenvalue weighted by atomic mass is 16.6. The van der Waals surface area contributed by atoms with Crippen molar-refractivity contribution >= 4 is 17.3 Å². The van der Waals surface area contributed by atoms with E-state index in [4.69, 9.17) is 0 Å². The number of nitro groups is 1. The van der Waals surface area contributed by atoms with E-state index in [1.807, 2.05) is 19.1 Å². The Morgan fingerprint density at radius 2 is 2.04 bits per heavy atom. The minimum Gasteiger partial charge on any atom is -0.478 e. The normalized spacial score (nSPS) is 23.0. The number of fused-ring (bicyclic) bond motifs is 3. The summed E-state index contributed by atoms with van der Waals surface area (Å²) in [5.41, 5.74) is 3.71. The number of aryl methyl sites for hydroxylation is 1. The second-order valence-corrected chi connectivity index (χ2v) is 6.85. The summed E-state index contributed by atoms with van der Waals surface area (Å²) < 4.78 is 0. The molecule has 0 aromatic heterocycles. The van der Waals surface area contributed by atoms with Gasteiger partial charge >= 0.3 is 5.97 Å². The van der Waals surface area contributed by atoms with Crippen LogP contribution in [0.4, 0.5) is 11.4 Å². The fourth-order valence-electron chi connectivity index (χ4n) is 4.24. The molecule has 26 heavy (non-hydrogen) atoms. The lowest BCUT2D eigenvalue weighted by Gasteiger charge is -2.38.